The Labute approximate surface area is 107 Å². The van der Waals surface area contributed by atoms with Crippen molar-refractivity contribution in [1.29, 1.82) is 0 Å². The number of hydrogen-bond acceptors (Lipinski definition) is 6. The molecule has 0 unspecified atom stereocenters. The first kappa shape index (κ1) is 16.6. The fourth-order valence-electron chi connectivity index (χ4n) is 1.34. The molecular formula is C12H21NO5. The lowest BCUT2D eigenvalue weighted by Gasteiger charge is -2.20. The van der Waals surface area contributed by atoms with Crippen molar-refractivity contribution < 1.29 is 23.9 Å². The minimum Gasteiger partial charge on any atom is -0.427 e. The van der Waals surface area contributed by atoms with E-state index in [1.807, 2.05) is 0 Å². The Morgan fingerprint density at radius 1 is 1.11 bits per heavy atom. The summed E-state index contributed by atoms with van der Waals surface area (Å²) in [6.07, 6.45) is 0.0947. The molecule has 0 aromatic rings. The van der Waals surface area contributed by atoms with E-state index in [4.69, 9.17) is 9.47 Å². The van der Waals surface area contributed by atoms with Crippen LogP contribution in [0.25, 0.3) is 0 Å². The van der Waals surface area contributed by atoms with E-state index in [-0.39, 0.29) is 18.7 Å². The second-order valence-electron chi connectivity index (χ2n) is 5.07. The molecule has 0 N–H and O–H groups in total. The van der Waals surface area contributed by atoms with Gasteiger partial charge in [-0.3, -0.25) is 19.3 Å². The van der Waals surface area contributed by atoms with Gasteiger partial charge in [0.2, 0.25) is 6.79 Å². The van der Waals surface area contributed by atoms with Crippen LogP contribution in [-0.2, 0) is 23.9 Å². The Balaban J connectivity index is 4.03. The van der Waals surface area contributed by atoms with Gasteiger partial charge >= 0.3 is 11.9 Å². The molecule has 6 nitrogen and oxygen atoms in total. The van der Waals surface area contributed by atoms with E-state index in [0.717, 1.165) is 0 Å². The number of nitrogens with zero attached hydrogens (tertiary/aromatic N) is 1. The molecule has 0 radical (unpaired) electrons. The number of carbonyl (C=O) groups excluding carboxylic acids is 3. The topological polar surface area (TPSA) is 72.9 Å². The summed E-state index contributed by atoms with van der Waals surface area (Å²) < 4.78 is 9.52. The number of Topliss-reactive ketones (excluding diaryl/α,β-unsaturated/α-hetero) is 1. The normalized spacial score (nSPS) is 11.2. The Hall–Kier alpha value is -1.43. The standard InChI is InChI=1S/C12H21NO5/c1-9(14)6-12(2,3)11(16)18-8-17-10(15)7-13(4)5/h6-8H2,1-5H3. The minimum absolute atomic E-state index is 0.0947. The van der Waals surface area contributed by atoms with Gasteiger partial charge in [0.1, 0.15) is 5.78 Å². The molecule has 0 saturated heterocycles. The third kappa shape index (κ3) is 7.01. The van der Waals surface area contributed by atoms with E-state index in [9.17, 15) is 14.4 Å². The van der Waals surface area contributed by atoms with E-state index in [1.54, 1.807) is 32.8 Å². The fraction of sp³-hybridized carbons (Fsp3) is 0.750. The van der Waals surface area contributed by atoms with Crippen molar-refractivity contribution in [3.8, 4) is 0 Å². The maximum Gasteiger partial charge on any atom is 0.322 e. The molecule has 0 aliphatic carbocycles. The molecule has 0 spiro atoms. The Bertz CT molecular complexity index is 322. The average Bonchev–Trinajstić information content (AvgIpc) is 2.13. The molecule has 0 aliphatic heterocycles. The first-order chi connectivity index (χ1) is 8.15. The number of hydrogen-bond donors (Lipinski definition) is 0. The third-order valence-electron chi connectivity index (χ3n) is 2.10. The highest BCUT2D eigenvalue weighted by atomic mass is 16.7. The van der Waals surface area contributed by atoms with Crippen LogP contribution in [0.1, 0.15) is 27.2 Å². The Kier molecular flexibility index (Phi) is 6.54. The lowest BCUT2D eigenvalue weighted by atomic mass is 9.88. The van der Waals surface area contributed by atoms with Gasteiger partial charge in [0, 0.05) is 6.42 Å². The number of ether oxygens (including phenoxy) is 2. The van der Waals surface area contributed by atoms with Crippen LogP contribution in [0.4, 0.5) is 0 Å². The first-order valence-electron chi connectivity index (χ1n) is 5.62. The van der Waals surface area contributed by atoms with Gasteiger partial charge < -0.3 is 9.47 Å². The second kappa shape index (κ2) is 7.10. The molecule has 18 heavy (non-hydrogen) atoms. The summed E-state index contributed by atoms with van der Waals surface area (Å²) >= 11 is 0. The van der Waals surface area contributed by atoms with Gasteiger partial charge in [0.15, 0.2) is 0 Å². The molecule has 0 rings (SSSR count). The molecule has 0 aromatic carbocycles. The van der Waals surface area contributed by atoms with Crippen LogP contribution in [0.5, 0.6) is 0 Å². The van der Waals surface area contributed by atoms with E-state index in [1.165, 1.54) is 6.92 Å². The van der Waals surface area contributed by atoms with Gasteiger partial charge in [-0.15, -0.1) is 0 Å². The SMILES string of the molecule is CC(=O)CC(C)(C)C(=O)OCOC(=O)CN(C)C. The number of rotatable bonds is 7. The molecule has 0 heterocycles. The summed E-state index contributed by atoms with van der Waals surface area (Å²) in [7, 11) is 3.45. The zero-order valence-electron chi connectivity index (χ0n) is 11.6. The Morgan fingerprint density at radius 2 is 1.67 bits per heavy atom. The summed E-state index contributed by atoms with van der Waals surface area (Å²) in [6, 6.07) is 0. The minimum atomic E-state index is -0.903. The van der Waals surface area contributed by atoms with Crippen LogP contribution in [0.15, 0.2) is 0 Å². The summed E-state index contributed by atoms with van der Waals surface area (Å²) in [5.41, 5.74) is -0.903. The molecule has 0 fully saturated rings. The summed E-state index contributed by atoms with van der Waals surface area (Å²) in [4.78, 5) is 35.4. The average molecular weight is 259 g/mol. The first-order valence-corrected chi connectivity index (χ1v) is 5.62. The monoisotopic (exact) mass is 259 g/mol. The van der Waals surface area contributed by atoms with Crippen molar-refractivity contribution in [1.82, 2.24) is 4.90 Å². The van der Waals surface area contributed by atoms with Gasteiger partial charge in [-0.1, -0.05) is 0 Å². The zero-order chi connectivity index (χ0) is 14.3. The van der Waals surface area contributed by atoms with Crippen molar-refractivity contribution >= 4 is 17.7 Å². The number of esters is 2. The maximum absolute atomic E-state index is 11.6. The number of likely N-dealkylation sites (N-methyl/N-ethyl adjacent to an activating group) is 1. The maximum atomic E-state index is 11.6. The van der Waals surface area contributed by atoms with E-state index >= 15 is 0 Å². The highest BCUT2D eigenvalue weighted by molar-refractivity contribution is 5.85. The smallest absolute Gasteiger partial charge is 0.322 e. The summed E-state index contributed by atoms with van der Waals surface area (Å²) in [5, 5.41) is 0. The van der Waals surface area contributed by atoms with Gasteiger partial charge in [-0.2, -0.15) is 0 Å². The van der Waals surface area contributed by atoms with E-state index < -0.39 is 24.1 Å². The highest BCUT2D eigenvalue weighted by Gasteiger charge is 2.31. The van der Waals surface area contributed by atoms with Crippen LogP contribution < -0.4 is 0 Å². The zero-order valence-corrected chi connectivity index (χ0v) is 11.6. The number of carbonyl (C=O) groups is 3. The van der Waals surface area contributed by atoms with Gasteiger partial charge in [-0.05, 0) is 34.9 Å². The van der Waals surface area contributed by atoms with Crippen molar-refractivity contribution in [3.05, 3.63) is 0 Å². The van der Waals surface area contributed by atoms with Crippen molar-refractivity contribution in [2.24, 2.45) is 5.41 Å². The Morgan fingerprint density at radius 3 is 2.11 bits per heavy atom. The molecule has 6 heteroatoms. The van der Waals surface area contributed by atoms with E-state index in [0.29, 0.717) is 0 Å². The molecule has 0 atom stereocenters. The van der Waals surface area contributed by atoms with Gasteiger partial charge in [-0.25, -0.2) is 0 Å². The molecule has 0 aliphatic rings. The van der Waals surface area contributed by atoms with Crippen molar-refractivity contribution in [2.45, 2.75) is 27.2 Å². The fourth-order valence-corrected chi connectivity index (χ4v) is 1.34. The van der Waals surface area contributed by atoms with E-state index in [2.05, 4.69) is 0 Å². The molecular weight excluding hydrogens is 238 g/mol. The van der Waals surface area contributed by atoms with Crippen LogP contribution >= 0.6 is 0 Å². The largest absolute Gasteiger partial charge is 0.427 e. The molecule has 0 saturated carbocycles. The predicted molar refractivity (Wildman–Crippen MR) is 64.7 cm³/mol. The van der Waals surface area contributed by atoms with Crippen LogP contribution in [0.2, 0.25) is 0 Å². The predicted octanol–water partition coefficient (Wildman–Crippen LogP) is 0.597. The van der Waals surface area contributed by atoms with Crippen molar-refractivity contribution in [2.75, 3.05) is 27.4 Å². The molecule has 0 aromatic heterocycles. The van der Waals surface area contributed by atoms with Gasteiger partial charge in [0.25, 0.3) is 0 Å². The number of ketones is 1. The van der Waals surface area contributed by atoms with Gasteiger partial charge in [0.05, 0.1) is 12.0 Å². The lowest BCUT2D eigenvalue weighted by Crippen LogP contribution is -2.31. The molecule has 0 amide bonds. The molecule has 0 bridgehead atoms. The summed E-state index contributed by atoms with van der Waals surface area (Å²) in [5.74, 6) is -1.13. The third-order valence-corrected chi connectivity index (χ3v) is 2.10. The highest BCUT2D eigenvalue weighted by Crippen LogP contribution is 2.22. The van der Waals surface area contributed by atoms with Crippen LogP contribution in [0, 0.1) is 5.41 Å². The lowest BCUT2D eigenvalue weighted by molar-refractivity contribution is -0.174. The molecule has 104 valence electrons. The van der Waals surface area contributed by atoms with Crippen LogP contribution in [-0.4, -0.2) is 50.1 Å². The van der Waals surface area contributed by atoms with Crippen molar-refractivity contribution in [3.63, 3.8) is 0 Å². The second-order valence-corrected chi connectivity index (χ2v) is 5.07. The quantitative estimate of drug-likeness (QED) is 0.492. The summed E-state index contributed by atoms with van der Waals surface area (Å²) in [6.45, 7) is 4.32. The van der Waals surface area contributed by atoms with Crippen LogP contribution in [0.3, 0.4) is 0 Å².